The minimum absolute atomic E-state index is 0.0662. The Labute approximate surface area is 174 Å². The quantitative estimate of drug-likeness (QED) is 0.441. The molecule has 3 rings (SSSR count). The van der Waals surface area contributed by atoms with E-state index >= 15 is 0 Å². The Hall–Kier alpha value is -2.55. The number of aromatic amines is 1. The predicted molar refractivity (Wildman–Crippen MR) is 109 cm³/mol. The van der Waals surface area contributed by atoms with E-state index in [1.165, 1.54) is 25.3 Å². The number of H-pyrrole nitrogens is 1. The van der Waals surface area contributed by atoms with Crippen molar-refractivity contribution in [1.29, 1.82) is 0 Å². The van der Waals surface area contributed by atoms with E-state index in [1.54, 1.807) is 12.1 Å². The van der Waals surface area contributed by atoms with Crippen LogP contribution in [0.3, 0.4) is 0 Å². The van der Waals surface area contributed by atoms with Crippen LogP contribution in [0.15, 0.2) is 47.6 Å². The molecule has 0 aliphatic carbocycles. The Kier molecular flexibility index (Phi) is 6.56. The fourth-order valence-corrected chi connectivity index (χ4v) is 3.12. The molecule has 0 atom stereocenters. The van der Waals surface area contributed by atoms with Gasteiger partial charge in [0.1, 0.15) is 0 Å². The van der Waals surface area contributed by atoms with Gasteiger partial charge in [0.25, 0.3) is 0 Å². The summed E-state index contributed by atoms with van der Waals surface area (Å²) in [7, 11) is 1.28. The second-order valence-electron chi connectivity index (χ2n) is 5.50. The molecule has 1 amide bonds. The summed E-state index contributed by atoms with van der Waals surface area (Å²) in [5.74, 6) is -0.186. The van der Waals surface area contributed by atoms with Gasteiger partial charge in [-0.3, -0.25) is 9.89 Å². The second-order valence-corrected chi connectivity index (χ2v) is 7.28. The summed E-state index contributed by atoms with van der Waals surface area (Å²) >= 11 is 13.1. The molecule has 0 radical (unpaired) electrons. The molecule has 10 heteroatoms. The number of amides is 1. The van der Waals surface area contributed by atoms with Crippen molar-refractivity contribution in [2.75, 3.05) is 18.2 Å². The zero-order chi connectivity index (χ0) is 20.1. The molecule has 1 aromatic heterocycles. The smallest absolute Gasteiger partial charge is 0.337 e. The van der Waals surface area contributed by atoms with Crippen LogP contribution in [0.2, 0.25) is 10.0 Å². The van der Waals surface area contributed by atoms with Crippen LogP contribution in [-0.2, 0) is 9.53 Å². The standard InChI is InChI=1S/C18H14Cl2N4O3S/c1-27-17(26)11-4-7-13(20)14(8-11)21-15(25)9-28-18-22-16(23-24-18)10-2-5-12(19)6-3-10/h2-8H,9H2,1H3,(H,21,25)(H,22,23,24). The number of rotatable bonds is 6. The van der Waals surface area contributed by atoms with Crippen molar-refractivity contribution in [3.63, 3.8) is 0 Å². The molecule has 0 aliphatic rings. The van der Waals surface area contributed by atoms with Crippen LogP contribution in [0.5, 0.6) is 0 Å². The number of methoxy groups -OCH3 is 1. The van der Waals surface area contributed by atoms with Gasteiger partial charge in [-0.05, 0) is 42.5 Å². The van der Waals surface area contributed by atoms with Gasteiger partial charge in [-0.15, -0.1) is 5.10 Å². The van der Waals surface area contributed by atoms with E-state index in [-0.39, 0.29) is 17.2 Å². The largest absolute Gasteiger partial charge is 0.465 e. The van der Waals surface area contributed by atoms with E-state index < -0.39 is 5.97 Å². The molecule has 7 nitrogen and oxygen atoms in total. The van der Waals surface area contributed by atoms with Crippen LogP contribution in [0.25, 0.3) is 11.4 Å². The Morgan fingerprint density at radius 3 is 2.64 bits per heavy atom. The van der Waals surface area contributed by atoms with Crippen molar-refractivity contribution in [2.24, 2.45) is 0 Å². The fourth-order valence-electron chi connectivity index (χ4n) is 2.23. The number of benzene rings is 2. The summed E-state index contributed by atoms with van der Waals surface area (Å²) in [4.78, 5) is 28.2. The number of hydrogen-bond acceptors (Lipinski definition) is 6. The SMILES string of the molecule is COC(=O)c1ccc(Cl)c(NC(=O)CSc2n[nH]c(-c3ccc(Cl)cc3)n2)c1. The van der Waals surface area contributed by atoms with E-state index in [2.05, 4.69) is 25.2 Å². The molecule has 2 aromatic carbocycles. The van der Waals surface area contributed by atoms with E-state index in [4.69, 9.17) is 23.2 Å². The van der Waals surface area contributed by atoms with Gasteiger partial charge < -0.3 is 10.1 Å². The maximum absolute atomic E-state index is 12.2. The number of hydrogen-bond donors (Lipinski definition) is 2. The minimum atomic E-state index is -0.517. The highest BCUT2D eigenvalue weighted by Gasteiger charge is 2.13. The Morgan fingerprint density at radius 2 is 1.93 bits per heavy atom. The first-order chi connectivity index (χ1) is 13.5. The van der Waals surface area contributed by atoms with Gasteiger partial charge >= 0.3 is 5.97 Å². The Balaban J connectivity index is 1.61. The van der Waals surface area contributed by atoms with Crippen LogP contribution < -0.4 is 5.32 Å². The van der Waals surface area contributed by atoms with Gasteiger partial charge in [-0.1, -0.05) is 35.0 Å². The first-order valence-corrected chi connectivity index (χ1v) is 9.69. The highest BCUT2D eigenvalue weighted by Crippen LogP contribution is 2.25. The van der Waals surface area contributed by atoms with Crippen LogP contribution in [0.4, 0.5) is 5.69 Å². The molecule has 0 aliphatic heterocycles. The molecule has 0 spiro atoms. The molecule has 2 N–H and O–H groups in total. The zero-order valence-electron chi connectivity index (χ0n) is 14.5. The minimum Gasteiger partial charge on any atom is -0.465 e. The molecule has 1 heterocycles. The lowest BCUT2D eigenvalue weighted by Gasteiger charge is -2.08. The van der Waals surface area contributed by atoms with Crippen molar-refractivity contribution in [3.8, 4) is 11.4 Å². The lowest BCUT2D eigenvalue weighted by atomic mass is 10.2. The first-order valence-electron chi connectivity index (χ1n) is 7.95. The predicted octanol–water partition coefficient (Wildman–Crippen LogP) is 4.30. The van der Waals surface area contributed by atoms with Gasteiger partial charge in [0, 0.05) is 10.6 Å². The zero-order valence-corrected chi connectivity index (χ0v) is 16.9. The number of nitrogens with zero attached hydrogens (tertiary/aromatic N) is 2. The number of carbonyl (C=O) groups excluding carboxylic acids is 2. The lowest BCUT2D eigenvalue weighted by molar-refractivity contribution is -0.113. The molecule has 0 fully saturated rings. The number of esters is 1. The average molecular weight is 437 g/mol. The van der Waals surface area contributed by atoms with Gasteiger partial charge in [0.2, 0.25) is 11.1 Å². The number of halogens is 2. The number of anilines is 1. The number of thioether (sulfide) groups is 1. The van der Waals surface area contributed by atoms with E-state index in [9.17, 15) is 9.59 Å². The maximum atomic E-state index is 12.2. The second kappa shape index (κ2) is 9.09. The summed E-state index contributed by atoms with van der Waals surface area (Å²) in [6, 6.07) is 11.6. The third-order valence-corrected chi connectivity index (χ3v) is 5.01. The van der Waals surface area contributed by atoms with Crippen LogP contribution in [-0.4, -0.2) is 39.9 Å². The molecule has 0 bridgehead atoms. The van der Waals surface area contributed by atoms with Crippen molar-refractivity contribution in [2.45, 2.75) is 5.16 Å². The van der Waals surface area contributed by atoms with Gasteiger partial charge in [-0.25, -0.2) is 9.78 Å². The maximum Gasteiger partial charge on any atom is 0.337 e. The third kappa shape index (κ3) is 5.03. The van der Waals surface area contributed by atoms with E-state index in [0.717, 1.165) is 17.3 Å². The van der Waals surface area contributed by atoms with Crippen molar-refractivity contribution in [3.05, 3.63) is 58.1 Å². The molecule has 3 aromatic rings. The van der Waals surface area contributed by atoms with E-state index in [1.807, 2.05) is 12.1 Å². The third-order valence-electron chi connectivity index (χ3n) is 3.58. The van der Waals surface area contributed by atoms with Gasteiger partial charge in [-0.2, -0.15) is 0 Å². The molecule has 144 valence electrons. The average Bonchev–Trinajstić information content (AvgIpc) is 3.17. The lowest BCUT2D eigenvalue weighted by Crippen LogP contribution is -2.15. The first kappa shape index (κ1) is 20.2. The highest BCUT2D eigenvalue weighted by molar-refractivity contribution is 7.99. The molecular formula is C18H14Cl2N4O3S. The van der Waals surface area contributed by atoms with Gasteiger partial charge in [0.05, 0.1) is 29.1 Å². The molecule has 0 saturated heterocycles. The summed E-state index contributed by atoms with van der Waals surface area (Å²) < 4.78 is 4.66. The molecular weight excluding hydrogens is 423 g/mol. The number of carbonyl (C=O) groups is 2. The van der Waals surface area contributed by atoms with Crippen LogP contribution in [0.1, 0.15) is 10.4 Å². The van der Waals surface area contributed by atoms with Crippen LogP contribution >= 0.6 is 35.0 Å². The normalized spacial score (nSPS) is 10.5. The Bertz CT molecular complexity index is 1010. The summed E-state index contributed by atoms with van der Waals surface area (Å²) in [6.45, 7) is 0. The van der Waals surface area contributed by atoms with E-state index in [0.29, 0.717) is 26.7 Å². The highest BCUT2D eigenvalue weighted by atomic mass is 35.5. The number of ether oxygens (including phenoxy) is 1. The molecule has 28 heavy (non-hydrogen) atoms. The monoisotopic (exact) mass is 436 g/mol. The van der Waals surface area contributed by atoms with Crippen molar-refractivity contribution in [1.82, 2.24) is 15.2 Å². The number of aromatic nitrogens is 3. The van der Waals surface area contributed by atoms with Crippen molar-refractivity contribution < 1.29 is 14.3 Å². The van der Waals surface area contributed by atoms with Crippen molar-refractivity contribution >= 4 is 52.5 Å². The van der Waals surface area contributed by atoms with Gasteiger partial charge in [0.15, 0.2) is 5.82 Å². The summed E-state index contributed by atoms with van der Waals surface area (Å²) in [5, 5.41) is 10.9. The fraction of sp³-hybridized carbons (Fsp3) is 0.111. The summed E-state index contributed by atoms with van der Waals surface area (Å²) in [6.07, 6.45) is 0. The van der Waals surface area contributed by atoms with Crippen LogP contribution in [0, 0.1) is 0 Å². The summed E-state index contributed by atoms with van der Waals surface area (Å²) in [5.41, 5.74) is 1.45. The topological polar surface area (TPSA) is 97.0 Å². The molecule has 0 saturated carbocycles. The number of nitrogens with one attached hydrogen (secondary N) is 2. The molecule has 0 unspecified atom stereocenters. The Morgan fingerprint density at radius 1 is 1.18 bits per heavy atom.